The minimum absolute atomic E-state index is 0.0297. The number of benzene rings is 3. The molecule has 3 aromatic carbocycles. The lowest BCUT2D eigenvalue weighted by atomic mass is 9.83. The first-order valence-electron chi connectivity index (χ1n) is 15.3. The third-order valence-electron chi connectivity index (χ3n) is 7.41. The number of esters is 1. The second-order valence-electron chi connectivity index (χ2n) is 11.9. The van der Waals surface area contributed by atoms with Crippen LogP contribution in [-0.4, -0.2) is 44.2 Å². The van der Waals surface area contributed by atoms with Crippen molar-refractivity contribution < 1.29 is 22.7 Å². The van der Waals surface area contributed by atoms with Crippen LogP contribution in [0.15, 0.2) is 95.1 Å². The van der Waals surface area contributed by atoms with E-state index in [1.807, 2.05) is 68.4 Å². The maximum atomic E-state index is 13.0. The van der Waals surface area contributed by atoms with E-state index in [1.54, 1.807) is 6.92 Å². The van der Waals surface area contributed by atoms with Crippen LogP contribution >= 0.6 is 0 Å². The summed E-state index contributed by atoms with van der Waals surface area (Å²) in [7, 11) is -3.61. The molecule has 0 saturated heterocycles. The zero-order chi connectivity index (χ0) is 32.3. The number of Topliss-reactive ketones (excluding diaryl/α,β-unsaturated/α-hetero) is 1. The van der Waals surface area contributed by atoms with E-state index in [4.69, 9.17) is 4.74 Å². The predicted octanol–water partition coefficient (Wildman–Crippen LogP) is 8.34. The first-order chi connectivity index (χ1) is 20.9. The fourth-order valence-corrected chi connectivity index (χ4v) is 6.74. The molecule has 0 saturated carbocycles. The molecular formula is C37H45NO5S. The molecule has 0 amide bonds. The molecule has 0 bridgehead atoms. The third kappa shape index (κ3) is 9.62. The van der Waals surface area contributed by atoms with Crippen LogP contribution in [0.5, 0.6) is 0 Å². The van der Waals surface area contributed by atoms with Gasteiger partial charge in [-0.1, -0.05) is 82.3 Å². The van der Waals surface area contributed by atoms with Gasteiger partial charge < -0.3 is 4.74 Å². The number of nitrogens with zero attached hydrogens (tertiary/aromatic N) is 1. The molecule has 0 aliphatic rings. The number of carbonyl (C=O) groups is 2. The van der Waals surface area contributed by atoms with Crippen molar-refractivity contribution in [1.29, 1.82) is 0 Å². The van der Waals surface area contributed by atoms with Gasteiger partial charge in [0, 0.05) is 24.2 Å². The molecule has 0 aliphatic heterocycles. The minimum Gasteiger partial charge on any atom is -0.462 e. The molecule has 0 aromatic heterocycles. The normalized spacial score (nSPS) is 11.6. The Morgan fingerprint density at radius 2 is 1.30 bits per heavy atom. The van der Waals surface area contributed by atoms with Crippen LogP contribution in [0.25, 0.3) is 5.57 Å². The van der Waals surface area contributed by atoms with Gasteiger partial charge in [-0.2, -0.15) is 4.31 Å². The van der Waals surface area contributed by atoms with Gasteiger partial charge in [-0.25, -0.2) is 13.2 Å². The zero-order valence-electron chi connectivity index (χ0n) is 26.9. The van der Waals surface area contributed by atoms with E-state index >= 15 is 0 Å². The lowest BCUT2D eigenvalue weighted by Gasteiger charge is -2.24. The molecule has 0 unspecified atom stereocenters. The van der Waals surface area contributed by atoms with Crippen LogP contribution in [0, 0.1) is 5.41 Å². The van der Waals surface area contributed by atoms with Gasteiger partial charge in [0.2, 0.25) is 10.0 Å². The maximum Gasteiger partial charge on any atom is 0.338 e. The molecule has 3 aromatic rings. The monoisotopic (exact) mass is 615 g/mol. The maximum absolute atomic E-state index is 13.0. The second kappa shape index (κ2) is 15.8. The molecule has 0 atom stereocenters. The predicted molar refractivity (Wildman–Crippen MR) is 177 cm³/mol. The number of rotatable bonds is 15. The number of carbonyl (C=O) groups excluding carboxylic acids is 2. The smallest absolute Gasteiger partial charge is 0.338 e. The average Bonchev–Trinajstić information content (AvgIpc) is 3.00. The Labute approximate surface area is 263 Å². The average molecular weight is 616 g/mol. The van der Waals surface area contributed by atoms with E-state index in [9.17, 15) is 18.0 Å². The Bertz CT molecular complexity index is 1580. The van der Waals surface area contributed by atoms with Gasteiger partial charge in [-0.15, -0.1) is 5.73 Å². The lowest BCUT2D eigenvalue weighted by molar-refractivity contribution is 0.0457. The van der Waals surface area contributed by atoms with Crippen molar-refractivity contribution in [2.75, 3.05) is 19.7 Å². The topological polar surface area (TPSA) is 80.8 Å². The summed E-state index contributed by atoms with van der Waals surface area (Å²) in [5.74, 6) is -0.446. The minimum atomic E-state index is -3.61. The molecule has 0 N–H and O–H groups in total. The highest BCUT2D eigenvalue weighted by molar-refractivity contribution is 7.89. The summed E-state index contributed by atoms with van der Waals surface area (Å²) in [6, 6.07) is 23.7. The van der Waals surface area contributed by atoms with Gasteiger partial charge in [0.25, 0.3) is 0 Å². The van der Waals surface area contributed by atoms with Crippen LogP contribution in [0.4, 0.5) is 0 Å². The number of hydrogen-bond donors (Lipinski definition) is 0. The van der Waals surface area contributed by atoms with Gasteiger partial charge in [0.05, 0.1) is 17.1 Å². The molecule has 3 rings (SSSR count). The summed E-state index contributed by atoms with van der Waals surface area (Å²) in [4.78, 5) is 24.7. The first kappa shape index (κ1) is 34.7. The van der Waals surface area contributed by atoms with E-state index in [2.05, 4.69) is 26.5 Å². The zero-order valence-corrected chi connectivity index (χ0v) is 27.7. The number of allylic oxidation sites excluding steroid dienone is 1. The van der Waals surface area contributed by atoms with Crippen LogP contribution in [-0.2, 0) is 14.8 Å². The first-order valence-corrected chi connectivity index (χ1v) is 16.7. The summed E-state index contributed by atoms with van der Waals surface area (Å²) >= 11 is 0. The summed E-state index contributed by atoms with van der Waals surface area (Å²) in [6.45, 7) is 12.9. The second-order valence-corrected chi connectivity index (χ2v) is 13.9. The highest BCUT2D eigenvalue weighted by Gasteiger charge is 2.24. The number of ether oxygens (including phenoxy) is 1. The Balaban J connectivity index is 1.69. The molecule has 0 radical (unpaired) electrons. The van der Waals surface area contributed by atoms with Gasteiger partial charge in [0.15, 0.2) is 5.78 Å². The van der Waals surface area contributed by atoms with Crippen LogP contribution in [0.3, 0.4) is 0 Å². The van der Waals surface area contributed by atoms with Gasteiger partial charge in [-0.3, -0.25) is 4.79 Å². The molecule has 44 heavy (non-hydrogen) atoms. The molecule has 0 spiro atoms. The van der Waals surface area contributed by atoms with Crippen LogP contribution in [0.2, 0.25) is 0 Å². The molecule has 234 valence electrons. The van der Waals surface area contributed by atoms with Crippen molar-refractivity contribution in [3.8, 4) is 0 Å². The van der Waals surface area contributed by atoms with Crippen molar-refractivity contribution in [2.45, 2.75) is 72.1 Å². The van der Waals surface area contributed by atoms with Gasteiger partial charge in [0.1, 0.15) is 0 Å². The number of ketones is 1. The molecular weight excluding hydrogens is 570 g/mol. The van der Waals surface area contributed by atoms with Crippen LogP contribution in [0.1, 0.15) is 99.1 Å². The molecule has 7 heteroatoms. The van der Waals surface area contributed by atoms with E-state index in [0.29, 0.717) is 30.6 Å². The fourth-order valence-electron chi connectivity index (χ4n) is 5.12. The van der Waals surface area contributed by atoms with Crippen molar-refractivity contribution in [3.63, 3.8) is 0 Å². The van der Waals surface area contributed by atoms with Gasteiger partial charge in [-0.05, 0) is 85.9 Å². The summed E-state index contributed by atoms with van der Waals surface area (Å²) in [6.07, 6.45) is 2.85. The van der Waals surface area contributed by atoms with E-state index in [1.165, 1.54) is 28.6 Å². The molecule has 0 fully saturated rings. The fraction of sp³-hybridized carbons (Fsp3) is 0.378. The Kier molecular flexibility index (Phi) is 12.5. The third-order valence-corrected chi connectivity index (χ3v) is 9.32. The Morgan fingerprint density at radius 1 is 0.773 bits per heavy atom. The van der Waals surface area contributed by atoms with E-state index < -0.39 is 16.0 Å². The van der Waals surface area contributed by atoms with Gasteiger partial charge >= 0.3 is 5.97 Å². The highest BCUT2D eigenvalue weighted by Crippen LogP contribution is 2.31. The number of sulfonamides is 1. The molecule has 6 nitrogen and oxygen atoms in total. The van der Waals surface area contributed by atoms with Crippen molar-refractivity contribution in [2.24, 2.45) is 5.41 Å². The summed E-state index contributed by atoms with van der Waals surface area (Å²) < 4.78 is 33.1. The quantitative estimate of drug-likeness (QED) is 0.0975. The Hall–Kier alpha value is -3.77. The largest absolute Gasteiger partial charge is 0.462 e. The lowest BCUT2D eigenvalue weighted by Crippen LogP contribution is -2.32. The highest BCUT2D eigenvalue weighted by atomic mass is 32.2. The van der Waals surface area contributed by atoms with Crippen molar-refractivity contribution in [1.82, 2.24) is 4.31 Å². The van der Waals surface area contributed by atoms with E-state index in [0.717, 1.165) is 41.5 Å². The molecule has 0 heterocycles. The van der Waals surface area contributed by atoms with Crippen LogP contribution < -0.4 is 0 Å². The summed E-state index contributed by atoms with van der Waals surface area (Å²) in [5, 5.41) is 0. The Morgan fingerprint density at radius 3 is 1.84 bits per heavy atom. The SMILES string of the molecule is CCCN(CCC)S(=O)(=O)c1ccc(C(=O)OCCC(C)(C)CC(C)=C=C(c2ccccc2)c2ccc(C(C)=O)cc2)cc1. The van der Waals surface area contributed by atoms with E-state index in [-0.39, 0.29) is 22.7 Å². The standard InChI is InChI=1S/C37H45NO5S/c1-7-23-38(24-8-2)44(41,42)34-20-18-33(19-21-34)36(40)43-25-22-37(5,6)27-28(3)26-35(31-12-10-9-11-13-31)32-16-14-30(15-17-32)29(4)39/h9-21H,7-8,22-25,27H2,1-6H3. The molecule has 0 aliphatic carbocycles. The van der Waals surface area contributed by atoms with Crippen molar-refractivity contribution in [3.05, 3.63) is 112 Å². The number of hydrogen-bond acceptors (Lipinski definition) is 5. The van der Waals surface area contributed by atoms with Crippen molar-refractivity contribution >= 4 is 27.3 Å². The summed E-state index contributed by atoms with van der Waals surface area (Å²) in [5.41, 5.74) is 8.47.